The molecule has 0 aromatic heterocycles. The summed E-state index contributed by atoms with van der Waals surface area (Å²) >= 11 is 0. The Bertz CT molecular complexity index is 1010. The van der Waals surface area contributed by atoms with Crippen LogP contribution in [0.2, 0.25) is 0 Å². The largest absolute Gasteiger partial charge is 0.496 e. The third kappa shape index (κ3) is 5.82. The molecule has 0 aliphatic carbocycles. The molecule has 0 saturated carbocycles. The molecule has 0 spiro atoms. The number of carbonyl (C=O) groups is 2. The summed E-state index contributed by atoms with van der Waals surface area (Å²) in [5.41, 5.74) is 2.75. The van der Waals surface area contributed by atoms with Crippen molar-refractivity contribution < 1.29 is 19.1 Å². The van der Waals surface area contributed by atoms with E-state index in [9.17, 15) is 9.59 Å². The average Bonchev–Trinajstić information content (AvgIpc) is 2.81. The molecule has 3 rings (SSSR count). The number of ether oxygens (including phenoxy) is 2. The predicted octanol–water partition coefficient (Wildman–Crippen LogP) is 4.10. The Morgan fingerprint density at radius 3 is 2.20 bits per heavy atom. The fraction of sp³-hybridized carbons (Fsp3) is 0.120. The number of benzene rings is 3. The van der Waals surface area contributed by atoms with Crippen LogP contribution in [0.5, 0.6) is 5.75 Å². The quantitative estimate of drug-likeness (QED) is 0.351. The van der Waals surface area contributed by atoms with Crippen LogP contribution < -0.4 is 10.1 Å². The minimum atomic E-state index is -0.582. The lowest BCUT2D eigenvalue weighted by Gasteiger charge is -2.11. The summed E-state index contributed by atoms with van der Waals surface area (Å²) in [6, 6.07) is 26.1. The van der Waals surface area contributed by atoms with Crippen molar-refractivity contribution in [1.82, 2.24) is 5.32 Å². The second kappa shape index (κ2) is 10.6. The molecule has 5 nitrogen and oxygen atoms in total. The fourth-order valence-corrected chi connectivity index (χ4v) is 2.88. The predicted molar refractivity (Wildman–Crippen MR) is 117 cm³/mol. The molecule has 152 valence electrons. The van der Waals surface area contributed by atoms with Crippen molar-refractivity contribution in [2.45, 2.75) is 6.54 Å². The van der Waals surface area contributed by atoms with Crippen LogP contribution in [0.4, 0.5) is 0 Å². The number of amides is 1. The SMILES string of the molecule is COc1ccccc1C=C(C(=O)OCC(=O)NCc1ccccc1)c1ccccc1. The molecule has 0 atom stereocenters. The molecule has 30 heavy (non-hydrogen) atoms. The number of rotatable bonds is 8. The van der Waals surface area contributed by atoms with Gasteiger partial charge in [0.25, 0.3) is 5.91 Å². The minimum Gasteiger partial charge on any atom is -0.496 e. The van der Waals surface area contributed by atoms with Crippen molar-refractivity contribution in [2.24, 2.45) is 0 Å². The highest BCUT2D eigenvalue weighted by atomic mass is 16.5. The Morgan fingerprint density at radius 2 is 1.50 bits per heavy atom. The van der Waals surface area contributed by atoms with Crippen molar-refractivity contribution in [1.29, 1.82) is 0 Å². The topological polar surface area (TPSA) is 64.6 Å². The second-order valence-electron chi connectivity index (χ2n) is 6.50. The standard InChI is InChI=1S/C25H23NO4/c1-29-23-15-9-8-14-21(23)16-22(20-12-6-3-7-13-20)25(28)30-18-24(27)26-17-19-10-4-2-5-11-19/h2-16H,17-18H2,1H3,(H,26,27). The normalized spacial score (nSPS) is 10.9. The van der Waals surface area contributed by atoms with Gasteiger partial charge in [-0.2, -0.15) is 0 Å². The van der Waals surface area contributed by atoms with E-state index in [0.29, 0.717) is 23.4 Å². The lowest BCUT2D eigenvalue weighted by molar-refractivity contribution is -0.142. The van der Waals surface area contributed by atoms with Crippen molar-refractivity contribution in [3.63, 3.8) is 0 Å². The fourth-order valence-electron chi connectivity index (χ4n) is 2.88. The number of nitrogens with one attached hydrogen (secondary N) is 1. The van der Waals surface area contributed by atoms with Gasteiger partial charge in [-0.25, -0.2) is 4.79 Å². The molecule has 0 aliphatic heterocycles. The van der Waals surface area contributed by atoms with Gasteiger partial charge in [-0.1, -0.05) is 78.9 Å². The van der Waals surface area contributed by atoms with Crippen LogP contribution in [0.25, 0.3) is 11.6 Å². The van der Waals surface area contributed by atoms with Crippen LogP contribution in [0.3, 0.4) is 0 Å². The lowest BCUT2D eigenvalue weighted by Crippen LogP contribution is -2.28. The van der Waals surface area contributed by atoms with Gasteiger partial charge in [-0.05, 0) is 23.3 Å². The van der Waals surface area contributed by atoms with E-state index in [1.165, 1.54) is 0 Å². The third-order valence-corrected chi connectivity index (χ3v) is 4.41. The average molecular weight is 401 g/mol. The van der Waals surface area contributed by atoms with Crippen molar-refractivity contribution in [2.75, 3.05) is 13.7 Å². The summed E-state index contributed by atoms with van der Waals surface area (Å²) in [7, 11) is 1.57. The first-order chi connectivity index (χ1) is 14.7. The molecule has 3 aromatic rings. The molecule has 0 radical (unpaired) electrons. The number of carbonyl (C=O) groups excluding carboxylic acids is 2. The monoisotopic (exact) mass is 401 g/mol. The van der Waals surface area contributed by atoms with Crippen molar-refractivity contribution >= 4 is 23.5 Å². The summed E-state index contributed by atoms with van der Waals surface area (Å²) in [4.78, 5) is 24.9. The Kier molecular flexibility index (Phi) is 7.39. The molecule has 5 heteroatoms. The van der Waals surface area contributed by atoms with E-state index >= 15 is 0 Å². The second-order valence-corrected chi connectivity index (χ2v) is 6.50. The zero-order valence-electron chi connectivity index (χ0n) is 16.7. The smallest absolute Gasteiger partial charge is 0.339 e. The first kappa shape index (κ1) is 20.9. The molecule has 0 fully saturated rings. The number of para-hydroxylation sites is 1. The van der Waals surface area contributed by atoms with Crippen molar-refractivity contribution in [3.05, 3.63) is 102 Å². The number of esters is 1. The Morgan fingerprint density at radius 1 is 0.867 bits per heavy atom. The first-order valence-corrected chi connectivity index (χ1v) is 9.55. The molecule has 1 N–H and O–H groups in total. The van der Waals surface area contributed by atoms with Gasteiger partial charge in [0.05, 0.1) is 12.7 Å². The third-order valence-electron chi connectivity index (χ3n) is 4.41. The van der Waals surface area contributed by atoms with Gasteiger partial charge in [0.1, 0.15) is 5.75 Å². The Hall–Kier alpha value is -3.86. The van der Waals surface area contributed by atoms with E-state index in [4.69, 9.17) is 9.47 Å². The Labute approximate surface area is 176 Å². The number of hydrogen-bond acceptors (Lipinski definition) is 4. The maximum atomic E-state index is 12.8. The summed E-state index contributed by atoms with van der Waals surface area (Å²) in [6.45, 7) is 0.0155. The number of hydrogen-bond donors (Lipinski definition) is 1. The van der Waals surface area contributed by atoms with Crippen LogP contribution in [0.1, 0.15) is 16.7 Å². The molecule has 0 saturated heterocycles. The summed E-state index contributed by atoms with van der Waals surface area (Å²) in [5, 5.41) is 2.75. The molecule has 0 unspecified atom stereocenters. The maximum Gasteiger partial charge on any atom is 0.339 e. The van der Waals surface area contributed by atoms with E-state index in [1.54, 1.807) is 13.2 Å². The molecular weight excluding hydrogens is 378 g/mol. The van der Waals surface area contributed by atoms with Gasteiger partial charge in [0.2, 0.25) is 0 Å². The van der Waals surface area contributed by atoms with Crippen molar-refractivity contribution in [3.8, 4) is 5.75 Å². The van der Waals surface area contributed by atoms with Crippen LogP contribution >= 0.6 is 0 Å². The van der Waals surface area contributed by atoms with E-state index in [0.717, 1.165) is 11.1 Å². The van der Waals surface area contributed by atoms with Gasteiger partial charge in [0.15, 0.2) is 6.61 Å². The molecule has 0 heterocycles. The van der Waals surface area contributed by atoms with Crippen LogP contribution in [0.15, 0.2) is 84.9 Å². The van der Waals surface area contributed by atoms with Gasteiger partial charge in [-0.3, -0.25) is 4.79 Å². The number of methoxy groups -OCH3 is 1. The van der Waals surface area contributed by atoms with E-state index in [-0.39, 0.29) is 12.5 Å². The summed E-state index contributed by atoms with van der Waals surface area (Å²) < 4.78 is 10.7. The van der Waals surface area contributed by atoms with Gasteiger partial charge in [-0.15, -0.1) is 0 Å². The van der Waals surface area contributed by atoms with Gasteiger partial charge >= 0.3 is 5.97 Å². The molecular formula is C25H23NO4. The lowest BCUT2D eigenvalue weighted by atomic mass is 10.0. The molecule has 0 aliphatic rings. The molecule has 1 amide bonds. The molecule has 3 aromatic carbocycles. The highest BCUT2D eigenvalue weighted by Crippen LogP contribution is 2.25. The van der Waals surface area contributed by atoms with Crippen LogP contribution in [0, 0.1) is 0 Å². The highest BCUT2D eigenvalue weighted by Gasteiger charge is 2.16. The van der Waals surface area contributed by atoms with E-state index in [2.05, 4.69) is 5.32 Å². The van der Waals surface area contributed by atoms with Crippen LogP contribution in [-0.4, -0.2) is 25.6 Å². The summed E-state index contributed by atoms with van der Waals surface area (Å²) in [5.74, 6) is -0.307. The van der Waals surface area contributed by atoms with Crippen LogP contribution in [-0.2, 0) is 20.9 Å². The maximum absolute atomic E-state index is 12.8. The minimum absolute atomic E-state index is 0.343. The van der Waals surface area contributed by atoms with E-state index < -0.39 is 5.97 Å². The highest BCUT2D eigenvalue weighted by molar-refractivity contribution is 6.22. The Balaban J connectivity index is 1.71. The zero-order valence-corrected chi connectivity index (χ0v) is 16.7. The molecule has 0 bridgehead atoms. The first-order valence-electron chi connectivity index (χ1n) is 9.55. The van der Waals surface area contributed by atoms with E-state index in [1.807, 2.05) is 84.9 Å². The zero-order chi connectivity index (χ0) is 21.2. The van der Waals surface area contributed by atoms with Gasteiger partial charge in [0, 0.05) is 12.1 Å². The van der Waals surface area contributed by atoms with Gasteiger partial charge < -0.3 is 14.8 Å². The summed E-state index contributed by atoms with van der Waals surface area (Å²) in [6.07, 6.45) is 1.71.